The molecule has 6 aliphatic rings. The van der Waals surface area contributed by atoms with E-state index in [1.807, 2.05) is 0 Å². The van der Waals surface area contributed by atoms with Crippen LogP contribution in [0, 0.1) is 0 Å². The van der Waals surface area contributed by atoms with Gasteiger partial charge in [-0.2, -0.15) is 0 Å². The fraction of sp³-hybridized carbons (Fsp3) is 0.596. The number of rotatable bonds is 10. The molecule has 0 spiro atoms. The SMILES string of the molecule is CC1(C)/C(=C\C=C2/CCCC(/C=C/C3Nc4ccccc4C3(C)C)=C2Cl)N(CCCCCC(=O)NC23CCCCCCC(N)(CNCCNC2)CNCCNC3)c2ccccc21. The minimum absolute atomic E-state index is 0.00191. The van der Waals surface area contributed by atoms with E-state index >= 15 is 0 Å². The van der Waals surface area contributed by atoms with Crippen molar-refractivity contribution in [1.82, 2.24) is 26.6 Å². The normalized spacial score (nSPS) is 28.4. The lowest BCUT2D eigenvalue weighted by Gasteiger charge is -2.37. The smallest absolute Gasteiger partial charge is 0.220 e. The Balaban J connectivity index is 0.978. The Morgan fingerprint density at radius 1 is 0.790 bits per heavy atom. The zero-order valence-electron chi connectivity index (χ0n) is 38.4. The highest BCUT2D eigenvalue weighted by molar-refractivity contribution is 6.32. The Labute approximate surface area is 378 Å². The molecule has 8 N–H and O–H groups in total. The number of nitrogens with one attached hydrogen (secondary N) is 6. The second-order valence-electron chi connectivity index (χ2n) is 20.1. The summed E-state index contributed by atoms with van der Waals surface area (Å²) in [4.78, 5) is 16.3. The van der Waals surface area contributed by atoms with E-state index in [2.05, 4.69) is 137 Å². The Kier molecular flexibility index (Phi) is 15.8. The van der Waals surface area contributed by atoms with Crippen LogP contribution in [0.1, 0.15) is 122 Å². The van der Waals surface area contributed by atoms with Gasteiger partial charge in [0.05, 0.1) is 11.6 Å². The first-order valence-corrected chi connectivity index (χ1v) is 24.4. The van der Waals surface area contributed by atoms with Gasteiger partial charge in [-0.25, -0.2) is 0 Å². The van der Waals surface area contributed by atoms with Crippen LogP contribution in [0.4, 0.5) is 11.4 Å². The van der Waals surface area contributed by atoms with E-state index in [1.54, 1.807) is 0 Å². The molecule has 2 bridgehead atoms. The van der Waals surface area contributed by atoms with Gasteiger partial charge in [0.2, 0.25) is 5.91 Å². The molecule has 1 amide bonds. The van der Waals surface area contributed by atoms with Crippen molar-refractivity contribution in [3.63, 3.8) is 0 Å². The second-order valence-corrected chi connectivity index (χ2v) is 20.5. The fourth-order valence-corrected chi connectivity index (χ4v) is 11.0. The summed E-state index contributed by atoms with van der Waals surface area (Å²) in [6, 6.07) is 17.7. The maximum atomic E-state index is 13.8. The predicted molar refractivity (Wildman–Crippen MR) is 261 cm³/mol. The number of benzene rings is 2. The average Bonchev–Trinajstić information content (AvgIpc) is 3.64. The number of hydrogen-bond acceptors (Lipinski definition) is 8. The number of nitrogens with zero attached hydrogens (tertiary/aromatic N) is 1. The summed E-state index contributed by atoms with van der Waals surface area (Å²) >= 11 is 7.23. The lowest BCUT2D eigenvalue weighted by Crippen LogP contribution is -2.62. The molecule has 9 nitrogen and oxygen atoms in total. The first-order valence-electron chi connectivity index (χ1n) is 24.1. The molecule has 3 saturated heterocycles. The first-order chi connectivity index (χ1) is 29.9. The molecule has 0 saturated carbocycles. The van der Waals surface area contributed by atoms with E-state index in [-0.39, 0.29) is 33.9 Å². The molecule has 0 aromatic heterocycles. The van der Waals surface area contributed by atoms with Crippen molar-refractivity contribution in [3.05, 3.63) is 106 Å². The molecule has 5 aliphatic heterocycles. The number of carbonyl (C=O) groups excluding carboxylic acids is 1. The Bertz CT molecular complexity index is 1920. The summed E-state index contributed by atoms with van der Waals surface area (Å²) < 4.78 is 0. The van der Waals surface area contributed by atoms with Crippen molar-refractivity contribution < 1.29 is 4.79 Å². The van der Waals surface area contributed by atoms with Gasteiger partial charge in [-0.05, 0) is 85.4 Å². The van der Waals surface area contributed by atoms with Gasteiger partial charge in [-0.3, -0.25) is 4.79 Å². The highest BCUT2D eigenvalue weighted by atomic mass is 35.5. The zero-order chi connectivity index (χ0) is 43.6. The Morgan fingerprint density at radius 3 is 2.18 bits per heavy atom. The third-order valence-electron chi connectivity index (χ3n) is 14.5. The van der Waals surface area contributed by atoms with Crippen molar-refractivity contribution in [2.75, 3.05) is 69.1 Å². The number of para-hydroxylation sites is 2. The van der Waals surface area contributed by atoms with Crippen LogP contribution < -0.4 is 42.5 Å². The van der Waals surface area contributed by atoms with Crippen molar-refractivity contribution in [2.24, 2.45) is 5.73 Å². The van der Waals surface area contributed by atoms with Crippen LogP contribution in [0.3, 0.4) is 0 Å². The van der Waals surface area contributed by atoms with Gasteiger partial charge in [-0.1, -0.05) is 126 Å². The molecule has 62 heavy (non-hydrogen) atoms. The molecule has 338 valence electrons. The van der Waals surface area contributed by atoms with Crippen molar-refractivity contribution in [2.45, 2.75) is 139 Å². The summed E-state index contributed by atoms with van der Waals surface area (Å²) in [5.41, 5.74) is 15.2. The molecule has 3 fully saturated rings. The van der Waals surface area contributed by atoms with Gasteiger partial charge in [0.25, 0.3) is 0 Å². The van der Waals surface area contributed by atoms with Crippen molar-refractivity contribution in [1.29, 1.82) is 0 Å². The minimum atomic E-state index is -0.313. The van der Waals surface area contributed by atoms with Crippen LogP contribution >= 0.6 is 11.6 Å². The molecular formula is C52H77ClN8O. The molecule has 0 radical (unpaired) electrons. The van der Waals surface area contributed by atoms with E-state index in [1.165, 1.54) is 45.8 Å². The molecule has 10 heteroatoms. The van der Waals surface area contributed by atoms with Gasteiger partial charge in [0.1, 0.15) is 0 Å². The van der Waals surface area contributed by atoms with Crippen molar-refractivity contribution in [3.8, 4) is 0 Å². The summed E-state index contributed by atoms with van der Waals surface area (Å²) in [5, 5.41) is 22.8. The highest BCUT2D eigenvalue weighted by Gasteiger charge is 2.40. The van der Waals surface area contributed by atoms with E-state index in [0.29, 0.717) is 6.42 Å². The van der Waals surface area contributed by atoms with Crippen LogP contribution in [0.5, 0.6) is 0 Å². The number of unbranched alkanes of at least 4 members (excludes halogenated alkanes) is 2. The number of anilines is 2. The van der Waals surface area contributed by atoms with E-state index in [9.17, 15) is 4.79 Å². The van der Waals surface area contributed by atoms with Crippen molar-refractivity contribution >= 4 is 28.9 Å². The summed E-state index contributed by atoms with van der Waals surface area (Å²) in [6.07, 6.45) is 22.3. The van der Waals surface area contributed by atoms with Crippen LogP contribution in [0.25, 0.3) is 0 Å². The molecule has 1 aliphatic carbocycles. The maximum absolute atomic E-state index is 13.8. The van der Waals surface area contributed by atoms with Gasteiger partial charge in [0, 0.05) is 104 Å². The van der Waals surface area contributed by atoms with E-state index in [0.717, 1.165) is 135 Å². The number of allylic oxidation sites excluding steroid dienone is 7. The third kappa shape index (κ3) is 11.3. The monoisotopic (exact) mass is 865 g/mol. The average molecular weight is 866 g/mol. The molecule has 2 aromatic carbocycles. The summed E-state index contributed by atoms with van der Waals surface area (Å²) in [7, 11) is 0. The van der Waals surface area contributed by atoms with Gasteiger partial charge < -0.3 is 42.5 Å². The fourth-order valence-electron chi connectivity index (χ4n) is 10.7. The van der Waals surface area contributed by atoms with Crippen LogP contribution in [-0.2, 0) is 15.6 Å². The number of nitrogens with two attached hydrogens (primary N) is 1. The molecule has 8 rings (SSSR count). The molecule has 2 aromatic rings. The Morgan fingerprint density at radius 2 is 1.45 bits per heavy atom. The maximum Gasteiger partial charge on any atom is 0.220 e. The predicted octanol–water partition coefficient (Wildman–Crippen LogP) is 8.44. The van der Waals surface area contributed by atoms with Gasteiger partial charge >= 0.3 is 0 Å². The highest BCUT2D eigenvalue weighted by Crippen LogP contribution is 2.48. The second kappa shape index (κ2) is 21.0. The summed E-state index contributed by atoms with van der Waals surface area (Å²) in [5.74, 6) is 0.166. The topological polar surface area (TPSA) is 119 Å². The third-order valence-corrected chi connectivity index (χ3v) is 15.0. The number of hydrogen-bond donors (Lipinski definition) is 7. The van der Waals surface area contributed by atoms with E-state index in [4.69, 9.17) is 17.3 Å². The van der Waals surface area contributed by atoms with Gasteiger partial charge in [0.15, 0.2) is 0 Å². The standard InChI is InChI=1S/C52H77ClN8O/c1-49(2)41-19-9-11-21-43(41)59-45(49)26-24-39-17-16-18-40(48(39)53)25-27-46-50(3,4)42-20-10-12-22-44(42)61(46)34-15-7-8-23-47(62)60-52-29-14-6-5-13-28-51(54,35-55-30-32-57-37-52)36-56-31-33-58-38-52/h9-12,19-22,24-27,45,55-59H,5-8,13-18,23,28-38,54H2,1-4H3,(H,60,62)/b26-24+,40-25+,46-27+. The quantitative estimate of drug-likeness (QED) is 0.119. The number of fused-ring (bicyclic) bond motifs is 17. The van der Waals surface area contributed by atoms with Crippen LogP contribution in [-0.4, -0.2) is 81.9 Å². The molecule has 1 unspecified atom stereocenters. The number of carbonyl (C=O) groups is 1. The molecule has 1 atom stereocenters. The number of amides is 1. The summed E-state index contributed by atoms with van der Waals surface area (Å²) in [6.45, 7) is 16.8. The van der Waals surface area contributed by atoms with Crippen LogP contribution in [0.2, 0.25) is 0 Å². The zero-order valence-corrected chi connectivity index (χ0v) is 39.1. The first kappa shape index (κ1) is 46.5. The molecular weight excluding hydrogens is 788 g/mol. The number of halogens is 1. The minimum Gasteiger partial charge on any atom is -0.378 e. The lowest BCUT2D eigenvalue weighted by molar-refractivity contribution is -0.123. The largest absolute Gasteiger partial charge is 0.378 e. The van der Waals surface area contributed by atoms with E-state index < -0.39 is 0 Å². The Hall–Kier alpha value is -3.44. The molecule has 5 heterocycles. The van der Waals surface area contributed by atoms with Crippen LogP contribution in [0.15, 0.2) is 94.7 Å². The lowest BCUT2D eigenvalue weighted by atomic mass is 9.80. The van der Waals surface area contributed by atoms with Gasteiger partial charge in [-0.15, -0.1) is 0 Å².